The van der Waals surface area contributed by atoms with Gasteiger partial charge in [0.1, 0.15) is 12.4 Å². The van der Waals surface area contributed by atoms with Crippen LogP contribution in [0.4, 0.5) is 5.69 Å². The largest absolute Gasteiger partial charge is 0.497 e. The van der Waals surface area contributed by atoms with Crippen molar-refractivity contribution >= 4 is 21.7 Å². The summed E-state index contributed by atoms with van der Waals surface area (Å²) in [6.45, 7) is 2.89. The molecule has 0 heterocycles. The van der Waals surface area contributed by atoms with Crippen LogP contribution < -0.4 is 9.04 Å². The molecule has 1 N–H and O–H groups in total. The third-order valence-electron chi connectivity index (χ3n) is 3.93. The number of carboxylic acid groups (broad SMARTS) is 1. The maximum absolute atomic E-state index is 13.4. The number of aryl methyl sites for hydroxylation is 2. The third-order valence-corrected chi connectivity index (χ3v) is 6.06. The number of sulfonamides is 1. The van der Waals surface area contributed by atoms with Crippen molar-refractivity contribution in [2.24, 2.45) is 0 Å². The third kappa shape index (κ3) is 4.99. The number of carboxylic acids is 1. The van der Waals surface area contributed by atoms with Crippen LogP contribution in [-0.2, 0) is 19.6 Å². The zero-order valence-electron chi connectivity index (χ0n) is 15.5. The number of hydrogen-bond donors (Lipinski definition) is 1. The lowest BCUT2D eigenvalue weighted by molar-refractivity contribution is -0.142. The summed E-state index contributed by atoms with van der Waals surface area (Å²) in [5.41, 5.74) is 1.62. The van der Waals surface area contributed by atoms with E-state index < -0.39 is 22.6 Å². The van der Waals surface area contributed by atoms with Crippen LogP contribution >= 0.6 is 0 Å². The van der Waals surface area contributed by atoms with Gasteiger partial charge in [0.25, 0.3) is 10.0 Å². The molecule has 2 aromatic rings. The Morgan fingerprint density at radius 2 is 1.70 bits per heavy atom. The Kier molecular flexibility index (Phi) is 6.81. The molecule has 27 heavy (non-hydrogen) atoms. The maximum Gasteiger partial charge on any atom is 0.329 e. The Labute approximate surface area is 159 Å². The molecule has 2 rings (SSSR count). The minimum atomic E-state index is -3.89. The van der Waals surface area contributed by atoms with Crippen LogP contribution in [0.3, 0.4) is 0 Å². The molecule has 0 fully saturated rings. The number of carbonyl (C=O) groups is 1. The second-order valence-corrected chi connectivity index (χ2v) is 7.75. The summed E-state index contributed by atoms with van der Waals surface area (Å²) in [6, 6.07) is 12.0. The molecule has 146 valence electrons. The first-order valence-electron chi connectivity index (χ1n) is 8.30. The fourth-order valence-electron chi connectivity index (χ4n) is 2.83. The predicted octanol–water partition coefficient (Wildman–Crippen LogP) is 2.61. The van der Waals surface area contributed by atoms with Gasteiger partial charge in [0.15, 0.2) is 0 Å². The fourth-order valence-corrected chi connectivity index (χ4v) is 4.70. The van der Waals surface area contributed by atoms with E-state index in [-0.39, 0.29) is 18.0 Å². The molecule has 0 aliphatic rings. The zero-order valence-corrected chi connectivity index (χ0v) is 16.3. The SMILES string of the molecule is COc1cc(C)c(S(=O)(=O)N(CCOCC(=O)O)c2ccccc2)c(C)c1. The maximum atomic E-state index is 13.4. The number of para-hydroxylation sites is 1. The highest BCUT2D eigenvalue weighted by atomic mass is 32.2. The lowest BCUT2D eigenvalue weighted by atomic mass is 10.1. The fraction of sp³-hybridized carbons (Fsp3) is 0.316. The highest BCUT2D eigenvalue weighted by molar-refractivity contribution is 7.93. The van der Waals surface area contributed by atoms with Crippen molar-refractivity contribution in [3.63, 3.8) is 0 Å². The molecule has 0 amide bonds. The van der Waals surface area contributed by atoms with Gasteiger partial charge in [-0.3, -0.25) is 4.31 Å². The number of hydrogen-bond acceptors (Lipinski definition) is 5. The Balaban J connectivity index is 2.43. The standard InChI is InChI=1S/C19H23NO6S/c1-14-11-17(25-3)12-15(2)19(14)27(23,24)20(9-10-26-13-18(21)22)16-7-5-4-6-8-16/h4-8,11-12H,9-10,13H2,1-3H3,(H,21,22). The molecule has 2 aromatic carbocycles. The van der Waals surface area contributed by atoms with Crippen molar-refractivity contribution in [3.8, 4) is 5.75 Å². The Hall–Kier alpha value is -2.58. The van der Waals surface area contributed by atoms with Gasteiger partial charge in [-0.2, -0.15) is 0 Å². The van der Waals surface area contributed by atoms with Crippen LogP contribution in [0, 0.1) is 13.8 Å². The number of anilines is 1. The number of rotatable bonds is 9. The van der Waals surface area contributed by atoms with Gasteiger partial charge in [-0.1, -0.05) is 18.2 Å². The highest BCUT2D eigenvalue weighted by Crippen LogP contribution is 2.30. The molecule has 0 unspecified atom stereocenters. The minimum absolute atomic E-state index is 0.00939. The highest BCUT2D eigenvalue weighted by Gasteiger charge is 2.28. The number of nitrogens with zero attached hydrogens (tertiary/aromatic N) is 1. The van der Waals surface area contributed by atoms with E-state index in [0.717, 1.165) is 0 Å². The molecular formula is C19H23NO6S. The second kappa shape index (κ2) is 8.88. The van der Waals surface area contributed by atoms with Crippen LogP contribution in [0.25, 0.3) is 0 Å². The lowest BCUT2D eigenvalue weighted by Gasteiger charge is -2.26. The van der Waals surface area contributed by atoms with Crippen molar-refractivity contribution in [3.05, 3.63) is 53.6 Å². The van der Waals surface area contributed by atoms with E-state index in [1.54, 1.807) is 56.3 Å². The quantitative estimate of drug-likeness (QED) is 0.658. The van der Waals surface area contributed by atoms with E-state index in [9.17, 15) is 13.2 Å². The van der Waals surface area contributed by atoms with Crippen molar-refractivity contribution < 1.29 is 27.8 Å². The normalized spacial score (nSPS) is 11.2. The van der Waals surface area contributed by atoms with E-state index in [2.05, 4.69) is 0 Å². The molecule has 0 saturated carbocycles. The Morgan fingerprint density at radius 1 is 1.11 bits per heavy atom. The second-order valence-electron chi connectivity index (χ2n) is 5.95. The van der Waals surface area contributed by atoms with Crippen molar-refractivity contribution in [2.75, 3.05) is 31.2 Å². The van der Waals surface area contributed by atoms with Crippen molar-refractivity contribution in [1.29, 1.82) is 0 Å². The van der Waals surface area contributed by atoms with Crippen molar-refractivity contribution in [2.45, 2.75) is 18.7 Å². The van der Waals surface area contributed by atoms with Crippen LogP contribution in [0.2, 0.25) is 0 Å². The topological polar surface area (TPSA) is 93.1 Å². The van der Waals surface area contributed by atoms with Gasteiger partial charge in [0, 0.05) is 0 Å². The van der Waals surface area contributed by atoms with Crippen molar-refractivity contribution in [1.82, 2.24) is 0 Å². The number of ether oxygens (including phenoxy) is 2. The van der Waals surface area contributed by atoms with E-state index in [0.29, 0.717) is 22.6 Å². The molecule has 0 atom stereocenters. The molecule has 0 aliphatic carbocycles. The molecule has 8 heteroatoms. The summed E-state index contributed by atoms with van der Waals surface area (Å²) < 4.78 is 38.3. The first kappa shape index (κ1) is 20.7. The van der Waals surface area contributed by atoms with Gasteiger partial charge in [-0.05, 0) is 49.2 Å². The number of methoxy groups -OCH3 is 1. The average Bonchev–Trinajstić information content (AvgIpc) is 2.60. The summed E-state index contributed by atoms with van der Waals surface area (Å²) in [5, 5.41) is 8.69. The number of benzene rings is 2. The first-order chi connectivity index (χ1) is 12.8. The zero-order chi connectivity index (χ0) is 20.0. The summed E-state index contributed by atoms with van der Waals surface area (Å²) in [6.07, 6.45) is 0. The molecule has 0 spiro atoms. The van der Waals surface area contributed by atoms with Gasteiger partial charge < -0.3 is 14.6 Å². The summed E-state index contributed by atoms with van der Waals surface area (Å²) in [7, 11) is -2.36. The van der Waals surface area contributed by atoms with Gasteiger partial charge in [-0.25, -0.2) is 13.2 Å². The van der Waals surface area contributed by atoms with Crippen LogP contribution in [0.15, 0.2) is 47.4 Å². The monoisotopic (exact) mass is 393 g/mol. The molecule has 7 nitrogen and oxygen atoms in total. The van der Waals surface area contributed by atoms with Crippen LogP contribution in [0.5, 0.6) is 5.75 Å². The Bertz CT molecular complexity index is 873. The van der Waals surface area contributed by atoms with E-state index in [4.69, 9.17) is 14.6 Å². The lowest BCUT2D eigenvalue weighted by Crippen LogP contribution is -2.35. The summed E-state index contributed by atoms with van der Waals surface area (Å²) >= 11 is 0. The molecular weight excluding hydrogens is 370 g/mol. The van der Waals surface area contributed by atoms with E-state index >= 15 is 0 Å². The molecule has 0 bridgehead atoms. The predicted molar refractivity (Wildman–Crippen MR) is 102 cm³/mol. The molecule has 0 aromatic heterocycles. The van der Waals surface area contributed by atoms with Crippen LogP contribution in [-0.4, -0.2) is 46.4 Å². The molecule has 0 radical (unpaired) electrons. The summed E-state index contributed by atoms with van der Waals surface area (Å²) in [5.74, 6) is -0.522. The van der Waals surface area contributed by atoms with E-state index in [1.165, 1.54) is 11.4 Å². The average molecular weight is 393 g/mol. The molecule has 0 saturated heterocycles. The van der Waals surface area contributed by atoms with Gasteiger partial charge in [-0.15, -0.1) is 0 Å². The van der Waals surface area contributed by atoms with E-state index in [1.807, 2.05) is 0 Å². The first-order valence-corrected chi connectivity index (χ1v) is 9.74. The van der Waals surface area contributed by atoms with Crippen LogP contribution in [0.1, 0.15) is 11.1 Å². The summed E-state index contributed by atoms with van der Waals surface area (Å²) in [4.78, 5) is 10.8. The smallest absolute Gasteiger partial charge is 0.329 e. The van der Waals surface area contributed by atoms with Gasteiger partial charge in [0.2, 0.25) is 0 Å². The minimum Gasteiger partial charge on any atom is -0.497 e. The Morgan fingerprint density at radius 3 is 2.22 bits per heavy atom. The molecule has 0 aliphatic heterocycles. The number of aliphatic carboxylic acids is 1. The van der Waals surface area contributed by atoms with Gasteiger partial charge >= 0.3 is 5.97 Å². The van der Waals surface area contributed by atoms with Gasteiger partial charge in [0.05, 0.1) is 30.8 Å².